The summed E-state index contributed by atoms with van der Waals surface area (Å²) in [5.74, 6) is -0.0417. The van der Waals surface area contributed by atoms with Crippen molar-refractivity contribution in [3.63, 3.8) is 0 Å². The molecule has 0 saturated carbocycles. The van der Waals surface area contributed by atoms with Crippen molar-refractivity contribution in [3.8, 4) is 0 Å². The number of ether oxygens (including phenoxy) is 1. The Labute approximate surface area is 172 Å². The molecule has 1 aromatic heterocycles. The normalized spacial score (nSPS) is 14.7. The van der Waals surface area contributed by atoms with Gasteiger partial charge in [-0.25, -0.2) is 4.98 Å². The summed E-state index contributed by atoms with van der Waals surface area (Å²) >= 11 is 0. The molecule has 1 aliphatic heterocycles. The quantitative estimate of drug-likeness (QED) is 0.586. The first-order valence-electron chi connectivity index (χ1n) is 10.4. The third kappa shape index (κ3) is 7.11. The molecule has 0 aromatic carbocycles. The number of aromatic nitrogens is 2. The Morgan fingerprint density at radius 2 is 1.93 bits per heavy atom. The first-order chi connectivity index (χ1) is 13.9. The van der Waals surface area contributed by atoms with Gasteiger partial charge in [-0.3, -0.25) is 19.4 Å². The molecule has 2 rings (SSSR count). The van der Waals surface area contributed by atoms with Crippen LogP contribution in [-0.4, -0.2) is 70.3 Å². The molecular weight excluding hydrogens is 372 g/mol. The Hall–Kier alpha value is -2.51. The van der Waals surface area contributed by atoms with E-state index in [-0.39, 0.29) is 30.1 Å². The fourth-order valence-corrected chi connectivity index (χ4v) is 3.31. The van der Waals surface area contributed by atoms with Gasteiger partial charge >= 0.3 is 5.97 Å². The summed E-state index contributed by atoms with van der Waals surface area (Å²) in [6.45, 7) is 8.39. The zero-order chi connectivity index (χ0) is 21.2. The Morgan fingerprint density at radius 1 is 1.21 bits per heavy atom. The number of amides is 2. The molecule has 0 spiro atoms. The number of hydrogen-bond acceptors (Lipinski definition) is 6. The highest BCUT2D eigenvalue weighted by atomic mass is 16.5. The predicted molar refractivity (Wildman–Crippen MR) is 108 cm³/mol. The first-order valence-corrected chi connectivity index (χ1v) is 10.4. The molecule has 160 valence electrons. The fourth-order valence-electron chi connectivity index (χ4n) is 3.31. The van der Waals surface area contributed by atoms with Gasteiger partial charge in [-0.05, 0) is 32.1 Å². The second-order valence-electron chi connectivity index (χ2n) is 7.72. The molecule has 1 saturated heterocycles. The summed E-state index contributed by atoms with van der Waals surface area (Å²) in [5.41, 5.74) is 0.291. The third-order valence-electron chi connectivity index (χ3n) is 5.11. The maximum Gasteiger partial charge on any atom is 0.309 e. The zero-order valence-electron chi connectivity index (χ0n) is 17.7. The topological polar surface area (TPSA) is 92.7 Å². The molecular formula is C21H32N4O4. The van der Waals surface area contributed by atoms with Crippen molar-refractivity contribution >= 4 is 17.8 Å². The van der Waals surface area contributed by atoms with Crippen LogP contribution in [0.2, 0.25) is 0 Å². The van der Waals surface area contributed by atoms with Gasteiger partial charge in [-0.1, -0.05) is 13.8 Å². The molecule has 2 heterocycles. The van der Waals surface area contributed by atoms with E-state index in [2.05, 4.69) is 23.8 Å². The van der Waals surface area contributed by atoms with E-state index < -0.39 is 0 Å². The molecule has 0 radical (unpaired) electrons. The molecule has 0 unspecified atom stereocenters. The van der Waals surface area contributed by atoms with E-state index in [0.29, 0.717) is 57.2 Å². The number of likely N-dealkylation sites (tertiary alicyclic amines) is 1. The van der Waals surface area contributed by atoms with E-state index in [0.717, 1.165) is 6.42 Å². The van der Waals surface area contributed by atoms with Crippen LogP contribution in [0.5, 0.6) is 0 Å². The maximum absolute atomic E-state index is 12.8. The number of carbonyl (C=O) groups excluding carboxylic acids is 3. The van der Waals surface area contributed by atoms with Crippen molar-refractivity contribution in [2.45, 2.75) is 46.5 Å². The van der Waals surface area contributed by atoms with Crippen LogP contribution in [-0.2, 0) is 14.3 Å². The minimum absolute atomic E-state index is 0.00815. The summed E-state index contributed by atoms with van der Waals surface area (Å²) in [6, 6.07) is 0. The first kappa shape index (κ1) is 22.8. The van der Waals surface area contributed by atoms with Crippen LogP contribution in [0.1, 0.15) is 56.9 Å². The van der Waals surface area contributed by atoms with Crippen molar-refractivity contribution in [2.24, 2.45) is 11.8 Å². The molecule has 1 aliphatic rings. The fraction of sp³-hybridized carbons (Fsp3) is 0.667. The standard InChI is InChI=1S/C21H32N4O4/c1-4-29-21(28)17-6-12-24(13-7-17)19(26)8-14-25(11-5-16(2)3)20(27)18-15-22-9-10-23-18/h9-10,15-17H,4-8,11-14H2,1-3H3. The third-order valence-corrected chi connectivity index (χ3v) is 5.11. The smallest absolute Gasteiger partial charge is 0.309 e. The van der Waals surface area contributed by atoms with Gasteiger partial charge in [-0.15, -0.1) is 0 Å². The number of esters is 1. The number of nitrogens with zero attached hydrogens (tertiary/aromatic N) is 4. The average molecular weight is 405 g/mol. The van der Waals surface area contributed by atoms with Gasteiger partial charge in [0.15, 0.2) is 0 Å². The van der Waals surface area contributed by atoms with Crippen LogP contribution in [0, 0.1) is 11.8 Å². The number of rotatable bonds is 9. The average Bonchev–Trinajstić information content (AvgIpc) is 2.74. The lowest BCUT2D eigenvalue weighted by Gasteiger charge is -2.31. The SMILES string of the molecule is CCOC(=O)C1CCN(C(=O)CCN(CCC(C)C)C(=O)c2cnccn2)CC1. The van der Waals surface area contributed by atoms with Crippen molar-refractivity contribution in [3.05, 3.63) is 24.3 Å². The molecule has 0 N–H and O–H groups in total. The van der Waals surface area contributed by atoms with Crippen LogP contribution in [0.3, 0.4) is 0 Å². The second-order valence-corrected chi connectivity index (χ2v) is 7.72. The molecule has 0 atom stereocenters. The van der Waals surface area contributed by atoms with Crippen LogP contribution in [0.15, 0.2) is 18.6 Å². The lowest BCUT2D eigenvalue weighted by atomic mass is 9.97. The molecule has 0 bridgehead atoms. The molecule has 0 aliphatic carbocycles. The van der Waals surface area contributed by atoms with E-state index in [4.69, 9.17) is 4.74 Å². The summed E-state index contributed by atoms with van der Waals surface area (Å²) in [6.07, 6.45) is 6.83. The minimum atomic E-state index is -0.201. The van der Waals surface area contributed by atoms with Crippen molar-refractivity contribution in [1.82, 2.24) is 19.8 Å². The van der Waals surface area contributed by atoms with Crippen molar-refractivity contribution in [2.75, 3.05) is 32.8 Å². The van der Waals surface area contributed by atoms with Gasteiger partial charge in [-0.2, -0.15) is 0 Å². The molecule has 29 heavy (non-hydrogen) atoms. The van der Waals surface area contributed by atoms with E-state index in [1.54, 1.807) is 16.7 Å². The van der Waals surface area contributed by atoms with Gasteiger partial charge in [0, 0.05) is 45.0 Å². The number of hydrogen-bond donors (Lipinski definition) is 0. The summed E-state index contributed by atoms with van der Waals surface area (Å²) < 4.78 is 5.07. The van der Waals surface area contributed by atoms with E-state index in [1.807, 2.05) is 0 Å². The Bertz CT molecular complexity index is 673. The largest absolute Gasteiger partial charge is 0.466 e. The van der Waals surface area contributed by atoms with E-state index in [1.165, 1.54) is 18.6 Å². The van der Waals surface area contributed by atoms with Gasteiger partial charge in [0.05, 0.1) is 18.7 Å². The van der Waals surface area contributed by atoms with E-state index >= 15 is 0 Å². The second kappa shape index (κ2) is 11.5. The van der Waals surface area contributed by atoms with E-state index in [9.17, 15) is 14.4 Å². The number of piperidine rings is 1. The van der Waals surface area contributed by atoms with Crippen molar-refractivity contribution in [1.29, 1.82) is 0 Å². The highest BCUT2D eigenvalue weighted by Gasteiger charge is 2.28. The van der Waals surface area contributed by atoms with Gasteiger partial charge in [0.25, 0.3) is 5.91 Å². The van der Waals surface area contributed by atoms with Gasteiger partial charge in [0.1, 0.15) is 5.69 Å². The summed E-state index contributed by atoms with van der Waals surface area (Å²) in [4.78, 5) is 48.8. The minimum Gasteiger partial charge on any atom is -0.466 e. The summed E-state index contributed by atoms with van der Waals surface area (Å²) in [5, 5.41) is 0. The molecule has 1 fully saturated rings. The Morgan fingerprint density at radius 3 is 2.52 bits per heavy atom. The van der Waals surface area contributed by atoms with Crippen molar-refractivity contribution < 1.29 is 19.1 Å². The summed E-state index contributed by atoms with van der Waals surface area (Å²) in [7, 11) is 0. The lowest BCUT2D eigenvalue weighted by Crippen LogP contribution is -2.42. The van der Waals surface area contributed by atoms with Gasteiger partial charge in [0.2, 0.25) is 5.91 Å². The molecule has 1 aromatic rings. The maximum atomic E-state index is 12.8. The molecule has 2 amide bonds. The van der Waals surface area contributed by atoms with Crippen LogP contribution >= 0.6 is 0 Å². The Balaban J connectivity index is 1.88. The highest BCUT2D eigenvalue weighted by molar-refractivity contribution is 5.92. The van der Waals surface area contributed by atoms with Crippen LogP contribution < -0.4 is 0 Å². The predicted octanol–water partition coefficient (Wildman–Crippen LogP) is 2.16. The highest BCUT2D eigenvalue weighted by Crippen LogP contribution is 2.19. The Kier molecular flexibility index (Phi) is 9.02. The van der Waals surface area contributed by atoms with Crippen LogP contribution in [0.25, 0.3) is 0 Å². The lowest BCUT2D eigenvalue weighted by molar-refractivity contribution is -0.151. The monoisotopic (exact) mass is 404 g/mol. The van der Waals surface area contributed by atoms with Crippen LogP contribution in [0.4, 0.5) is 0 Å². The number of carbonyl (C=O) groups is 3. The molecule has 8 nitrogen and oxygen atoms in total. The molecule has 8 heteroatoms. The van der Waals surface area contributed by atoms with Gasteiger partial charge < -0.3 is 14.5 Å². The zero-order valence-corrected chi connectivity index (χ0v) is 17.7.